The number of nitrogens with one attached hydrogen (secondary N) is 2. The Morgan fingerprint density at radius 3 is 2.38 bits per heavy atom. The van der Waals surface area contributed by atoms with Crippen LogP contribution in [0.4, 0.5) is 22.0 Å². The van der Waals surface area contributed by atoms with E-state index < -0.39 is 42.2 Å². The number of rotatable bonds is 5. The summed E-state index contributed by atoms with van der Waals surface area (Å²) in [4.78, 5) is 13.4. The number of alkyl halides is 3. The van der Waals surface area contributed by atoms with Crippen molar-refractivity contribution >= 4 is 18.3 Å². The first-order valence-corrected chi connectivity index (χ1v) is 7.94. The smallest absolute Gasteiger partial charge is 0.354 e. The van der Waals surface area contributed by atoms with Crippen molar-refractivity contribution in [3.8, 4) is 0 Å². The predicted molar refractivity (Wildman–Crippen MR) is 89.3 cm³/mol. The third-order valence-corrected chi connectivity index (χ3v) is 4.28. The second kappa shape index (κ2) is 9.48. The summed E-state index contributed by atoms with van der Waals surface area (Å²) in [5.41, 5.74) is 0.196. The molecular formula is C16H21ClF5N3O. The minimum absolute atomic E-state index is 0. The second-order valence-electron chi connectivity index (χ2n) is 5.98. The van der Waals surface area contributed by atoms with Crippen LogP contribution in [0.15, 0.2) is 18.2 Å². The Kier molecular flexibility index (Phi) is 8.23. The van der Waals surface area contributed by atoms with Gasteiger partial charge in [0.25, 0.3) is 0 Å². The van der Waals surface area contributed by atoms with E-state index in [9.17, 15) is 26.7 Å². The summed E-state index contributed by atoms with van der Waals surface area (Å²) in [6, 6.07) is 1.21. The highest BCUT2D eigenvalue weighted by molar-refractivity contribution is 5.85. The molecule has 1 heterocycles. The van der Waals surface area contributed by atoms with Crippen LogP contribution in [-0.4, -0.2) is 55.7 Å². The van der Waals surface area contributed by atoms with Crippen LogP contribution in [0.25, 0.3) is 0 Å². The second-order valence-corrected chi connectivity index (χ2v) is 5.98. The van der Waals surface area contributed by atoms with Crippen LogP contribution in [0.3, 0.4) is 0 Å². The fourth-order valence-corrected chi connectivity index (χ4v) is 2.73. The third-order valence-electron chi connectivity index (χ3n) is 4.28. The Labute approximate surface area is 154 Å². The van der Waals surface area contributed by atoms with Crippen LogP contribution in [-0.2, 0) is 4.79 Å². The van der Waals surface area contributed by atoms with Gasteiger partial charge in [-0.2, -0.15) is 13.2 Å². The molecule has 0 bridgehead atoms. The molecule has 2 rings (SSSR count). The normalized spacial score (nSPS) is 17.9. The van der Waals surface area contributed by atoms with Crippen LogP contribution in [0.5, 0.6) is 0 Å². The molecule has 26 heavy (non-hydrogen) atoms. The lowest BCUT2D eigenvalue weighted by Crippen LogP contribution is -2.57. The van der Waals surface area contributed by atoms with E-state index >= 15 is 0 Å². The van der Waals surface area contributed by atoms with Gasteiger partial charge in [-0.05, 0) is 24.6 Å². The predicted octanol–water partition coefficient (Wildman–Crippen LogP) is 2.44. The van der Waals surface area contributed by atoms with Gasteiger partial charge in [-0.3, -0.25) is 9.69 Å². The number of nitrogens with zero attached hydrogens (tertiary/aromatic N) is 1. The number of benzene rings is 1. The Hall–Kier alpha value is -1.45. The summed E-state index contributed by atoms with van der Waals surface area (Å²) < 4.78 is 66.0. The first kappa shape index (κ1) is 22.6. The molecule has 0 saturated carbocycles. The molecular weight excluding hydrogens is 381 g/mol. The maximum atomic E-state index is 13.3. The molecule has 1 fully saturated rings. The fraction of sp³-hybridized carbons (Fsp3) is 0.562. The van der Waals surface area contributed by atoms with Crippen molar-refractivity contribution in [3.05, 3.63) is 35.4 Å². The van der Waals surface area contributed by atoms with Gasteiger partial charge in [0.1, 0.15) is 6.04 Å². The van der Waals surface area contributed by atoms with Crippen molar-refractivity contribution in [2.45, 2.75) is 25.1 Å². The van der Waals surface area contributed by atoms with Gasteiger partial charge in [-0.1, -0.05) is 6.07 Å². The zero-order chi connectivity index (χ0) is 18.6. The van der Waals surface area contributed by atoms with E-state index in [1.54, 1.807) is 0 Å². The van der Waals surface area contributed by atoms with Gasteiger partial charge >= 0.3 is 6.18 Å². The Morgan fingerprint density at radius 1 is 1.23 bits per heavy atom. The molecule has 10 heteroatoms. The Bertz CT molecular complexity index is 608. The highest BCUT2D eigenvalue weighted by atomic mass is 35.5. The van der Waals surface area contributed by atoms with Crippen molar-refractivity contribution in [1.29, 1.82) is 0 Å². The van der Waals surface area contributed by atoms with Crippen molar-refractivity contribution in [1.82, 2.24) is 15.5 Å². The SMILES string of the molecule is CC(C(=O)NCC(N1CCNCC1)C(F)(F)F)c1ccc(F)c(F)c1.Cl. The number of carbonyl (C=O) groups is 1. The average molecular weight is 402 g/mol. The summed E-state index contributed by atoms with van der Waals surface area (Å²) in [5.74, 6) is -3.72. The number of hydrogen-bond donors (Lipinski definition) is 2. The molecule has 1 aromatic carbocycles. The minimum atomic E-state index is -4.48. The first-order chi connectivity index (χ1) is 11.7. The lowest BCUT2D eigenvalue weighted by atomic mass is 10.00. The molecule has 4 nitrogen and oxygen atoms in total. The fourth-order valence-electron chi connectivity index (χ4n) is 2.73. The van der Waals surface area contributed by atoms with Crippen LogP contribution in [0, 0.1) is 11.6 Å². The van der Waals surface area contributed by atoms with E-state index in [0.717, 1.165) is 12.1 Å². The molecule has 2 atom stereocenters. The van der Waals surface area contributed by atoms with Gasteiger partial charge in [0.15, 0.2) is 11.6 Å². The van der Waals surface area contributed by atoms with E-state index in [1.165, 1.54) is 17.9 Å². The van der Waals surface area contributed by atoms with Crippen LogP contribution in [0.1, 0.15) is 18.4 Å². The maximum absolute atomic E-state index is 13.3. The van der Waals surface area contributed by atoms with E-state index in [0.29, 0.717) is 13.1 Å². The van der Waals surface area contributed by atoms with Crippen molar-refractivity contribution in [2.75, 3.05) is 32.7 Å². The van der Waals surface area contributed by atoms with E-state index in [1.807, 2.05) is 0 Å². The van der Waals surface area contributed by atoms with Crippen molar-refractivity contribution in [3.63, 3.8) is 0 Å². The zero-order valence-corrected chi connectivity index (χ0v) is 14.9. The van der Waals surface area contributed by atoms with Crippen LogP contribution in [0.2, 0.25) is 0 Å². The largest absolute Gasteiger partial charge is 0.405 e. The molecule has 148 valence electrons. The van der Waals surface area contributed by atoms with Gasteiger partial charge in [0, 0.05) is 32.7 Å². The van der Waals surface area contributed by atoms with Gasteiger partial charge in [0.05, 0.1) is 5.92 Å². The zero-order valence-electron chi connectivity index (χ0n) is 14.1. The van der Waals surface area contributed by atoms with E-state index in [4.69, 9.17) is 0 Å². The summed E-state index contributed by atoms with van der Waals surface area (Å²) in [7, 11) is 0. The molecule has 1 aliphatic heterocycles. The standard InChI is InChI=1S/C16H20F5N3O.ClH/c1-10(11-2-3-12(17)13(18)8-11)15(25)23-9-14(16(19,20)21)24-6-4-22-5-7-24;/h2-3,8,10,14,22H,4-7,9H2,1H3,(H,23,25);1H. The lowest BCUT2D eigenvalue weighted by molar-refractivity contribution is -0.184. The third kappa shape index (κ3) is 5.78. The summed E-state index contributed by atoms with van der Waals surface area (Å²) in [5, 5.41) is 5.25. The molecule has 1 amide bonds. The van der Waals surface area contributed by atoms with Crippen molar-refractivity contribution in [2.24, 2.45) is 0 Å². The monoisotopic (exact) mass is 401 g/mol. The van der Waals surface area contributed by atoms with Gasteiger partial charge in [-0.25, -0.2) is 8.78 Å². The maximum Gasteiger partial charge on any atom is 0.405 e. The minimum Gasteiger partial charge on any atom is -0.354 e. The number of carbonyl (C=O) groups excluding carboxylic acids is 1. The quantitative estimate of drug-likeness (QED) is 0.745. The number of hydrogen-bond acceptors (Lipinski definition) is 3. The molecule has 0 aliphatic carbocycles. The highest BCUT2D eigenvalue weighted by Crippen LogP contribution is 2.25. The number of amides is 1. The summed E-state index contributed by atoms with van der Waals surface area (Å²) in [6.07, 6.45) is -4.48. The average Bonchev–Trinajstić information content (AvgIpc) is 2.56. The Balaban J connectivity index is 0.00000338. The van der Waals surface area contributed by atoms with E-state index in [-0.39, 0.29) is 31.1 Å². The summed E-state index contributed by atoms with van der Waals surface area (Å²) in [6.45, 7) is 2.21. The number of piperazine rings is 1. The summed E-state index contributed by atoms with van der Waals surface area (Å²) >= 11 is 0. The topological polar surface area (TPSA) is 44.4 Å². The van der Waals surface area contributed by atoms with Crippen molar-refractivity contribution < 1.29 is 26.7 Å². The molecule has 1 aliphatic rings. The molecule has 1 aromatic rings. The molecule has 0 spiro atoms. The Morgan fingerprint density at radius 2 is 1.85 bits per heavy atom. The van der Waals surface area contributed by atoms with Crippen LogP contribution < -0.4 is 10.6 Å². The molecule has 1 saturated heterocycles. The molecule has 0 aromatic heterocycles. The lowest BCUT2D eigenvalue weighted by Gasteiger charge is -2.36. The van der Waals surface area contributed by atoms with Gasteiger partial charge in [0.2, 0.25) is 5.91 Å². The van der Waals surface area contributed by atoms with E-state index in [2.05, 4.69) is 10.6 Å². The highest BCUT2D eigenvalue weighted by Gasteiger charge is 2.44. The number of halogens is 6. The first-order valence-electron chi connectivity index (χ1n) is 7.94. The van der Waals surface area contributed by atoms with Gasteiger partial charge < -0.3 is 10.6 Å². The molecule has 2 N–H and O–H groups in total. The van der Waals surface area contributed by atoms with Crippen LogP contribution >= 0.6 is 12.4 Å². The molecule has 0 radical (unpaired) electrons. The molecule has 2 unspecified atom stereocenters. The van der Waals surface area contributed by atoms with Gasteiger partial charge in [-0.15, -0.1) is 12.4 Å².